The third kappa shape index (κ3) is 4.70. The standard InChI is InChI=1S/C14H13F4NO4/c1-7-4-10(9(15)5-8(7)14(16,17)18)19-11(13(21)23-3)6-12(20)22-2/h4-6,19H,1-3H3/b11-6+. The molecule has 0 atom stereocenters. The van der Waals surface area contributed by atoms with Crippen molar-refractivity contribution in [3.05, 3.63) is 40.8 Å². The van der Waals surface area contributed by atoms with Gasteiger partial charge in [-0.1, -0.05) is 0 Å². The quantitative estimate of drug-likeness (QED) is 0.521. The van der Waals surface area contributed by atoms with E-state index in [0.29, 0.717) is 12.1 Å². The Labute approximate surface area is 128 Å². The van der Waals surface area contributed by atoms with Crippen LogP contribution in [0.4, 0.5) is 23.2 Å². The molecule has 0 saturated heterocycles. The van der Waals surface area contributed by atoms with E-state index in [1.54, 1.807) is 0 Å². The largest absolute Gasteiger partial charge is 0.466 e. The molecule has 1 aromatic rings. The van der Waals surface area contributed by atoms with Crippen LogP contribution in [0, 0.1) is 12.7 Å². The van der Waals surface area contributed by atoms with Gasteiger partial charge in [-0.15, -0.1) is 0 Å². The first-order valence-corrected chi connectivity index (χ1v) is 6.12. The number of hydrogen-bond acceptors (Lipinski definition) is 5. The summed E-state index contributed by atoms with van der Waals surface area (Å²) in [6, 6.07) is 1.16. The molecule has 0 bridgehead atoms. The summed E-state index contributed by atoms with van der Waals surface area (Å²) in [6.07, 6.45) is -4.02. The molecular weight excluding hydrogens is 322 g/mol. The topological polar surface area (TPSA) is 64.6 Å². The van der Waals surface area contributed by atoms with Gasteiger partial charge in [-0.2, -0.15) is 13.2 Å². The minimum absolute atomic E-state index is 0.260. The molecule has 0 spiro atoms. The van der Waals surface area contributed by atoms with Gasteiger partial charge in [-0.25, -0.2) is 14.0 Å². The molecule has 0 fully saturated rings. The summed E-state index contributed by atoms with van der Waals surface area (Å²) in [5, 5.41) is 2.23. The number of aryl methyl sites for hydroxylation is 1. The van der Waals surface area contributed by atoms with E-state index in [1.807, 2.05) is 0 Å². The van der Waals surface area contributed by atoms with Crippen molar-refractivity contribution in [3.8, 4) is 0 Å². The van der Waals surface area contributed by atoms with Crippen molar-refractivity contribution < 1.29 is 36.6 Å². The first kappa shape index (κ1) is 18.5. The molecule has 0 aliphatic heterocycles. The average molecular weight is 335 g/mol. The van der Waals surface area contributed by atoms with E-state index in [2.05, 4.69) is 14.8 Å². The molecule has 0 aliphatic carbocycles. The average Bonchev–Trinajstić information content (AvgIpc) is 2.47. The number of halogens is 4. The smallest absolute Gasteiger partial charge is 0.416 e. The molecule has 1 N–H and O–H groups in total. The van der Waals surface area contributed by atoms with Crippen LogP contribution in [0.5, 0.6) is 0 Å². The Kier molecular flexibility index (Phi) is 5.72. The molecule has 126 valence electrons. The number of carbonyl (C=O) groups excluding carboxylic acids is 2. The highest BCUT2D eigenvalue weighted by Gasteiger charge is 2.33. The second kappa shape index (κ2) is 7.12. The van der Waals surface area contributed by atoms with Crippen LogP contribution in [-0.2, 0) is 25.2 Å². The molecule has 0 radical (unpaired) electrons. The van der Waals surface area contributed by atoms with Gasteiger partial charge < -0.3 is 14.8 Å². The second-order valence-electron chi connectivity index (χ2n) is 4.34. The Balaban J connectivity index is 3.25. The van der Waals surface area contributed by atoms with Gasteiger partial charge in [-0.3, -0.25) is 0 Å². The Bertz CT molecular complexity index is 653. The van der Waals surface area contributed by atoms with E-state index in [-0.39, 0.29) is 5.56 Å². The third-order valence-corrected chi connectivity index (χ3v) is 2.76. The van der Waals surface area contributed by atoms with Crippen LogP contribution in [0.15, 0.2) is 23.9 Å². The molecule has 0 saturated carbocycles. The summed E-state index contributed by atoms with van der Waals surface area (Å²) >= 11 is 0. The third-order valence-electron chi connectivity index (χ3n) is 2.76. The molecule has 9 heteroatoms. The Hall–Kier alpha value is -2.58. The Morgan fingerprint density at radius 1 is 1.17 bits per heavy atom. The van der Waals surface area contributed by atoms with Crippen molar-refractivity contribution in [2.45, 2.75) is 13.1 Å². The highest BCUT2D eigenvalue weighted by atomic mass is 19.4. The molecule has 0 heterocycles. The lowest BCUT2D eigenvalue weighted by molar-refractivity contribution is -0.138. The molecule has 0 unspecified atom stereocenters. The number of methoxy groups -OCH3 is 2. The summed E-state index contributed by atoms with van der Waals surface area (Å²) in [7, 11) is 2.07. The molecule has 1 aromatic carbocycles. The first-order valence-electron chi connectivity index (χ1n) is 6.12. The summed E-state index contributed by atoms with van der Waals surface area (Å²) in [5.74, 6) is -3.20. The summed E-state index contributed by atoms with van der Waals surface area (Å²) < 4.78 is 60.6. The minimum atomic E-state index is -4.71. The van der Waals surface area contributed by atoms with Crippen LogP contribution in [0.2, 0.25) is 0 Å². The number of esters is 2. The van der Waals surface area contributed by atoms with Crippen molar-refractivity contribution in [1.82, 2.24) is 0 Å². The van der Waals surface area contributed by atoms with Crippen molar-refractivity contribution in [2.24, 2.45) is 0 Å². The molecule has 0 aliphatic rings. The lowest BCUT2D eigenvalue weighted by Crippen LogP contribution is -2.17. The summed E-state index contributed by atoms with van der Waals surface area (Å²) in [4.78, 5) is 22.7. The van der Waals surface area contributed by atoms with Gasteiger partial charge in [0.15, 0.2) is 0 Å². The lowest BCUT2D eigenvalue weighted by atomic mass is 10.1. The molecule has 0 aromatic heterocycles. The number of rotatable bonds is 4. The van der Waals surface area contributed by atoms with Crippen molar-refractivity contribution in [2.75, 3.05) is 19.5 Å². The molecule has 23 heavy (non-hydrogen) atoms. The van der Waals surface area contributed by atoms with Gasteiger partial charge in [0.2, 0.25) is 0 Å². The zero-order valence-electron chi connectivity index (χ0n) is 12.4. The molecule has 1 rings (SSSR count). The van der Waals surface area contributed by atoms with Crippen LogP contribution in [0.25, 0.3) is 0 Å². The van der Waals surface area contributed by atoms with Gasteiger partial charge >= 0.3 is 18.1 Å². The predicted molar refractivity (Wildman–Crippen MR) is 71.9 cm³/mol. The van der Waals surface area contributed by atoms with Crippen LogP contribution in [0.3, 0.4) is 0 Å². The highest BCUT2D eigenvalue weighted by molar-refractivity contribution is 5.98. The molecule has 0 amide bonds. The fourth-order valence-corrected chi connectivity index (χ4v) is 1.66. The predicted octanol–water partition coefficient (Wildman–Crippen LogP) is 2.79. The summed E-state index contributed by atoms with van der Waals surface area (Å²) in [6.45, 7) is 1.13. The van der Waals surface area contributed by atoms with Crippen molar-refractivity contribution in [1.29, 1.82) is 0 Å². The second-order valence-corrected chi connectivity index (χ2v) is 4.34. The van der Waals surface area contributed by atoms with Gasteiger partial charge in [0.05, 0.1) is 31.5 Å². The zero-order chi connectivity index (χ0) is 17.8. The Morgan fingerprint density at radius 3 is 2.26 bits per heavy atom. The number of anilines is 1. The minimum Gasteiger partial charge on any atom is -0.466 e. The maximum atomic E-state index is 13.8. The SMILES string of the molecule is COC(=O)/C=C(/Nc1cc(C)c(C(F)(F)F)cc1F)C(=O)OC. The number of benzene rings is 1. The van der Waals surface area contributed by atoms with E-state index in [1.165, 1.54) is 0 Å². The molecule has 5 nitrogen and oxygen atoms in total. The van der Waals surface area contributed by atoms with Gasteiger partial charge in [0.25, 0.3) is 0 Å². The van der Waals surface area contributed by atoms with Gasteiger partial charge in [0, 0.05) is 0 Å². The van der Waals surface area contributed by atoms with Crippen LogP contribution >= 0.6 is 0 Å². The molecular formula is C14H13F4NO4. The maximum absolute atomic E-state index is 13.8. The normalized spacial score (nSPS) is 11.9. The van der Waals surface area contributed by atoms with E-state index < -0.39 is 40.9 Å². The van der Waals surface area contributed by atoms with Crippen LogP contribution in [-0.4, -0.2) is 26.2 Å². The van der Waals surface area contributed by atoms with Crippen LogP contribution < -0.4 is 5.32 Å². The van der Waals surface area contributed by atoms with E-state index >= 15 is 0 Å². The summed E-state index contributed by atoms with van der Waals surface area (Å²) in [5.41, 5.74) is -2.31. The van der Waals surface area contributed by atoms with Crippen molar-refractivity contribution >= 4 is 17.6 Å². The fourth-order valence-electron chi connectivity index (χ4n) is 1.66. The van der Waals surface area contributed by atoms with Gasteiger partial charge in [0.1, 0.15) is 11.5 Å². The fraction of sp³-hybridized carbons (Fsp3) is 0.286. The van der Waals surface area contributed by atoms with Gasteiger partial charge in [-0.05, 0) is 24.6 Å². The van der Waals surface area contributed by atoms with Crippen LogP contribution in [0.1, 0.15) is 11.1 Å². The van der Waals surface area contributed by atoms with E-state index in [4.69, 9.17) is 0 Å². The Morgan fingerprint density at radius 2 is 1.78 bits per heavy atom. The first-order chi connectivity index (χ1) is 10.6. The van der Waals surface area contributed by atoms with Crippen molar-refractivity contribution in [3.63, 3.8) is 0 Å². The van der Waals surface area contributed by atoms with E-state index in [0.717, 1.165) is 27.2 Å². The number of alkyl halides is 3. The zero-order valence-corrected chi connectivity index (χ0v) is 12.4. The number of ether oxygens (including phenoxy) is 2. The number of carbonyl (C=O) groups is 2. The maximum Gasteiger partial charge on any atom is 0.416 e. The van der Waals surface area contributed by atoms with E-state index in [9.17, 15) is 27.2 Å². The lowest BCUT2D eigenvalue weighted by Gasteiger charge is -2.14. The highest BCUT2D eigenvalue weighted by Crippen LogP contribution is 2.34. The number of hydrogen-bond donors (Lipinski definition) is 1. The number of nitrogens with one attached hydrogen (secondary N) is 1. The monoisotopic (exact) mass is 335 g/mol.